The minimum Gasteiger partial charge on any atom is -0.543 e. The molecule has 0 atom stereocenters. The van der Waals surface area contributed by atoms with Crippen LogP contribution in [0, 0.1) is 0 Å². The number of hydrogen-bond acceptors (Lipinski definition) is 6. The normalized spacial score (nSPS) is 14.6. The average molecular weight is 311 g/mol. The highest BCUT2D eigenvalue weighted by molar-refractivity contribution is 6.01. The zero-order valence-electron chi connectivity index (χ0n) is 12.4. The molecular formula is C16H15N4O3-. The first-order valence-electron chi connectivity index (χ1n) is 7.28. The van der Waals surface area contributed by atoms with Crippen molar-refractivity contribution in [3.05, 3.63) is 54.1 Å². The molecule has 0 unspecified atom stereocenters. The van der Waals surface area contributed by atoms with Gasteiger partial charge in [0.15, 0.2) is 5.69 Å². The molecule has 1 saturated heterocycles. The van der Waals surface area contributed by atoms with Crippen molar-refractivity contribution in [2.75, 3.05) is 31.1 Å². The van der Waals surface area contributed by atoms with Gasteiger partial charge in [-0.1, -0.05) is 18.2 Å². The lowest BCUT2D eigenvalue weighted by Crippen LogP contribution is -2.49. The van der Waals surface area contributed by atoms with E-state index < -0.39 is 17.6 Å². The maximum atomic E-state index is 12.5. The van der Waals surface area contributed by atoms with E-state index >= 15 is 0 Å². The molecule has 1 aromatic heterocycles. The van der Waals surface area contributed by atoms with Gasteiger partial charge < -0.3 is 19.7 Å². The van der Waals surface area contributed by atoms with E-state index in [2.05, 4.69) is 14.9 Å². The van der Waals surface area contributed by atoms with E-state index in [1.165, 1.54) is 12.4 Å². The topological polar surface area (TPSA) is 89.5 Å². The molecule has 0 spiro atoms. The first kappa shape index (κ1) is 15.0. The summed E-state index contributed by atoms with van der Waals surface area (Å²) in [6, 6.07) is 9.94. The number of carboxylic acid groups (broad SMARTS) is 1. The van der Waals surface area contributed by atoms with Crippen LogP contribution in [0.1, 0.15) is 21.0 Å². The van der Waals surface area contributed by atoms with Gasteiger partial charge in [0.2, 0.25) is 0 Å². The number of aromatic nitrogens is 2. The van der Waals surface area contributed by atoms with Crippen molar-refractivity contribution in [2.45, 2.75) is 0 Å². The Morgan fingerprint density at radius 2 is 1.52 bits per heavy atom. The summed E-state index contributed by atoms with van der Waals surface area (Å²) in [5.41, 5.74) is 0.526. The van der Waals surface area contributed by atoms with Crippen molar-refractivity contribution in [3.8, 4) is 0 Å². The SMILES string of the molecule is O=C([O-])c1nccnc1C(=O)N1CCN(c2ccccc2)CC1. The third-order valence-corrected chi connectivity index (χ3v) is 3.78. The minimum atomic E-state index is -1.50. The van der Waals surface area contributed by atoms with E-state index in [0.29, 0.717) is 26.2 Å². The number of carboxylic acids is 1. The summed E-state index contributed by atoms with van der Waals surface area (Å²) in [5, 5.41) is 11.1. The van der Waals surface area contributed by atoms with Gasteiger partial charge in [-0.3, -0.25) is 9.78 Å². The number of hydrogen-bond donors (Lipinski definition) is 0. The molecule has 2 heterocycles. The summed E-state index contributed by atoms with van der Waals surface area (Å²) in [6.07, 6.45) is 2.54. The third kappa shape index (κ3) is 3.13. The number of carbonyl (C=O) groups is 2. The van der Waals surface area contributed by atoms with Crippen LogP contribution >= 0.6 is 0 Å². The Hall–Kier alpha value is -2.96. The number of anilines is 1. The number of piperazine rings is 1. The molecule has 0 N–H and O–H groups in total. The summed E-state index contributed by atoms with van der Waals surface area (Å²) >= 11 is 0. The zero-order chi connectivity index (χ0) is 16.2. The molecule has 23 heavy (non-hydrogen) atoms. The third-order valence-electron chi connectivity index (χ3n) is 3.78. The molecule has 0 aliphatic carbocycles. The molecule has 1 aromatic carbocycles. The molecule has 1 aliphatic rings. The number of benzene rings is 1. The van der Waals surface area contributed by atoms with E-state index in [1.807, 2.05) is 30.3 Å². The van der Waals surface area contributed by atoms with E-state index in [1.54, 1.807) is 4.90 Å². The number of para-hydroxylation sites is 1. The van der Waals surface area contributed by atoms with E-state index in [4.69, 9.17) is 0 Å². The smallest absolute Gasteiger partial charge is 0.274 e. The second-order valence-electron chi connectivity index (χ2n) is 5.16. The Morgan fingerprint density at radius 3 is 2.13 bits per heavy atom. The van der Waals surface area contributed by atoms with Gasteiger partial charge in [0.25, 0.3) is 5.91 Å². The minimum absolute atomic E-state index is 0.166. The van der Waals surface area contributed by atoms with Gasteiger partial charge in [-0.15, -0.1) is 0 Å². The molecule has 0 bridgehead atoms. The van der Waals surface area contributed by atoms with Crippen LogP contribution in [-0.4, -0.2) is 52.9 Å². The van der Waals surface area contributed by atoms with Crippen LogP contribution in [0.5, 0.6) is 0 Å². The van der Waals surface area contributed by atoms with Crippen molar-refractivity contribution in [1.29, 1.82) is 0 Å². The highest BCUT2D eigenvalue weighted by Gasteiger charge is 2.25. The van der Waals surface area contributed by atoms with E-state index in [0.717, 1.165) is 5.69 Å². The van der Waals surface area contributed by atoms with Crippen molar-refractivity contribution in [2.24, 2.45) is 0 Å². The monoisotopic (exact) mass is 311 g/mol. The molecule has 7 nitrogen and oxygen atoms in total. The van der Waals surface area contributed by atoms with Gasteiger partial charge >= 0.3 is 0 Å². The van der Waals surface area contributed by atoms with Gasteiger partial charge in [0.05, 0.1) is 5.97 Å². The van der Waals surface area contributed by atoms with Gasteiger partial charge in [-0.25, -0.2) is 4.98 Å². The molecule has 3 rings (SSSR count). The van der Waals surface area contributed by atoms with Crippen LogP contribution in [0.4, 0.5) is 5.69 Å². The highest BCUT2D eigenvalue weighted by atomic mass is 16.4. The van der Waals surface area contributed by atoms with Crippen molar-refractivity contribution in [3.63, 3.8) is 0 Å². The average Bonchev–Trinajstić information content (AvgIpc) is 2.62. The van der Waals surface area contributed by atoms with Gasteiger partial charge in [0.1, 0.15) is 5.69 Å². The fourth-order valence-corrected chi connectivity index (χ4v) is 2.60. The summed E-state index contributed by atoms with van der Waals surface area (Å²) in [7, 11) is 0. The van der Waals surface area contributed by atoms with Crippen molar-refractivity contribution in [1.82, 2.24) is 14.9 Å². The Labute approximate surface area is 133 Å². The number of amides is 1. The van der Waals surface area contributed by atoms with E-state index in [9.17, 15) is 14.7 Å². The summed E-state index contributed by atoms with van der Waals surface area (Å²) in [4.78, 5) is 34.8. The molecule has 118 valence electrons. The number of carbonyl (C=O) groups excluding carboxylic acids is 2. The molecule has 0 radical (unpaired) electrons. The van der Waals surface area contributed by atoms with Gasteiger partial charge in [-0.05, 0) is 12.1 Å². The Morgan fingerprint density at radius 1 is 0.913 bits per heavy atom. The summed E-state index contributed by atoms with van der Waals surface area (Å²) in [5.74, 6) is -1.92. The molecule has 0 saturated carbocycles. The quantitative estimate of drug-likeness (QED) is 0.780. The van der Waals surface area contributed by atoms with Crippen LogP contribution in [0.15, 0.2) is 42.7 Å². The number of nitrogens with zero attached hydrogens (tertiary/aromatic N) is 4. The van der Waals surface area contributed by atoms with Crippen LogP contribution < -0.4 is 10.0 Å². The molecule has 1 fully saturated rings. The Balaban J connectivity index is 1.71. The molecular weight excluding hydrogens is 296 g/mol. The van der Waals surface area contributed by atoms with Crippen LogP contribution in [0.2, 0.25) is 0 Å². The summed E-state index contributed by atoms with van der Waals surface area (Å²) in [6.45, 7) is 2.35. The predicted octanol–water partition coefficient (Wildman–Crippen LogP) is -0.198. The van der Waals surface area contributed by atoms with Gasteiger partial charge in [-0.2, -0.15) is 0 Å². The largest absolute Gasteiger partial charge is 0.543 e. The predicted molar refractivity (Wildman–Crippen MR) is 80.9 cm³/mol. The lowest BCUT2D eigenvalue weighted by Gasteiger charge is -2.36. The fraction of sp³-hybridized carbons (Fsp3) is 0.250. The number of rotatable bonds is 3. The first-order valence-corrected chi connectivity index (χ1v) is 7.28. The van der Waals surface area contributed by atoms with E-state index in [-0.39, 0.29) is 5.69 Å². The number of aromatic carboxylic acids is 1. The molecule has 2 aromatic rings. The van der Waals surface area contributed by atoms with Crippen LogP contribution in [0.3, 0.4) is 0 Å². The van der Waals surface area contributed by atoms with Crippen LogP contribution in [-0.2, 0) is 0 Å². The maximum Gasteiger partial charge on any atom is 0.274 e. The Kier molecular flexibility index (Phi) is 4.18. The lowest BCUT2D eigenvalue weighted by molar-refractivity contribution is -0.255. The van der Waals surface area contributed by atoms with Crippen LogP contribution in [0.25, 0.3) is 0 Å². The second-order valence-corrected chi connectivity index (χ2v) is 5.16. The Bertz CT molecular complexity index is 712. The van der Waals surface area contributed by atoms with Crippen molar-refractivity contribution >= 4 is 17.6 Å². The van der Waals surface area contributed by atoms with Crippen molar-refractivity contribution < 1.29 is 14.7 Å². The molecule has 1 amide bonds. The maximum absolute atomic E-state index is 12.5. The zero-order valence-corrected chi connectivity index (χ0v) is 12.4. The standard InChI is InChI=1S/C16H16N4O3/c21-15(13-14(16(22)23)18-7-6-17-13)20-10-8-19(9-11-20)12-4-2-1-3-5-12/h1-7H,8-11H2,(H,22,23)/p-1. The first-order chi connectivity index (χ1) is 11.2. The molecule has 7 heteroatoms. The van der Waals surface area contributed by atoms with Gasteiger partial charge in [0, 0.05) is 44.3 Å². The fourth-order valence-electron chi connectivity index (χ4n) is 2.60. The highest BCUT2D eigenvalue weighted by Crippen LogP contribution is 2.16. The molecule has 1 aliphatic heterocycles. The second kappa shape index (κ2) is 6.43. The summed E-state index contributed by atoms with van der Waals surface area (Å²) < 4.78 is 0. The lowest BCUT2D eigenvalue weighted by atomic mass is 10.2.